The third-order valence-electron chi connectivity index (χ3n) is 4.31. The number of nitrogens with one attached hydrogen (secondary N) is 2. The molecule has 1 amide bonds. The number of carbonyl (C=O) groups excluding carboxylic acids is 1. The summed E-state index contributed by atoms with van der Waals surface area (Å²) in [4.78, 5) is 13.4. The summed E-state index contributed by atoms with van der Waals surface area (Å²) in [5.41, 5.74) is 5.50. The smallest absolute Gasteiger partial charge is 0.228 e. The van der Waals surface area contributed by atoms with Crippen molar-refractivity contribution < 1.29 is 4.79 Å². The zero-order chi connectivity index (χ0) is 19.6. The van der Waals surface area contributed by atoms with Crippen molar-refractivity contribution in [1.82, 2.24) is 20.3 Å². The largest absolute Gasteiger partial charge is 0.332 e. The molecule has 1 aromatic heterocycles. The van der Waals surface area contributed by atoms with Crippen LogP contribution in [0.2, 0.25) is 0 Å². The Morgan fingerprint density at radius 3 is 2.37 bits per heavy atom. The van der Waals surface area contributed by atoms with Crippen LogP contribution in [0.4, 0.5) is 5.69 Å². The highest BCUT2D eigenvalue weighted by atomic mass is 32.1. The summed E-state index contributed by atoms with van der Waals surface area (Å²) >= 11 is 5.23. The summed E-state index contributed by atoms with van der Waals surface area (Å²) in [6.45, 7) is 7.73. The second-order valence-electron chi connectivity index (χ2n) is 6.76. The fourth-order valence-electron chi connectivity index (χ4n) is 2.59. The van der Waals surface area contributed by atoms with Crippen LogP contribution < -0.4 is 10.6 Å². The molecule has 0 aliphatic rings. The zero-order valence-corrected chi connectivity index (χ0v) is 16.7. The molecule has 0 aliphatic heterocycles. The molecule has 7 heteroatoms. The molecule has 0 atom stereocenters. The molecule has 2 N–H and O–H groups in total. The van der Waals surface area contributed by atoms with Crippen LogP contribution in [0.5, 0.6) is 0 Å². The van der Waals surface area contributed by atoms with E-state index in [1.807, 2.05) is 45.0 Å². The topological polar surface area (TPSA) is 71.8 Å². The Labute approximate surface area is 164 Å². The molecule has 0 saturated carbocycles. The van der Waals surface area contributed by atoms with E-state index in [9.17, 15) is 4.79 Å². The van der Waals surface area contributed by atoms with Crippen molar-refractivity contribution in [2.45, 2.75) is 34.1 Å². The quantitative estimate of drug-likeness (QED) is 0.673. The number of aromatic nitrogens is 3. The summed E-state index contributed by atoms with van der Waals surface area (Å²) < 4.78 is 0. The molecule has 0 unspecified atom stereocenters. The van der Waals surface area contributed by atoms with Crippen molar-refractivity contribution in [3.8, 4) is 5.69 Å². The number of hydrogen-bond acceptors (Lipinski definition) is 4. The molecule has 3 aromatic rings. The lowest BCUT2D eigenvalue weighted by molar-refractivity contribution is -0.122. The Kier molecular flexibility index (Phi) is 5.51. The Bertz CT molecular complexity index is 992. The number of aryl methyl sites for hydroxylation is 2. The number of nitrogens with zero attached hydrogens (tertiary/aromatic N) is 3. The first-order valence-electron chi connectivity index (χ1n) is 8.96. The van der Waals surface area contributed by atoms with Crippen molar-refractivity contribution in [3.63, 3.8) is 0 Å². The van der Waals surface area contributed by atoms with Crippen molar-refractivity contribution in [2.75, 3.05) is 5.32 Å². The van der Waals surface area contributed by atoms with Gasteiger partial charge in [-0.1, -0.05) is 32.9 Å². The van der Waals surface area contributed by atoms with Gasteiger partial charge in [-0.15, -0.1) is 10.2 Å². The zero-order valence-electron chi connectivity index (χ0n) is 15.9. The number of thiocarbonyl (C=S) groups is 1. The van der Waals surface area contributed by atoms with E-state index in [0.717, 1.165) is 34.4 Å². The van der Waals surface area contributed by atoms with Gasteiger partial charge in [0.15, 0.2) is 5.11 Å². The molecule has 2 aromatic carbocycles. The van der Waals surface area contributed by atoms with Crippen LogP contribution in [-0.4, -0.2) is 26.0 Å². The summed E-state index contributed by atoms with van der Waals surface area (Å²) in [5.74, 6) is -0.250. The Morgan fingerprint density at radius 1 is 1.15 bits per heavy atom. The van der Waals surface area contributed by atoms with Gasteiger partial charge in [0, 0.05) is 11.6 Å². The molecule has 0 radical (unpaired) electrons. The van der Waals surface area contributed by atoms with Gasteiger partial charge in [0.25, 0.3) is 0 Å². The second kappa shape index (κ2) is 7.84. The van der Waals surface area contributed by atoms with Crippen LogP contribution in [0, 0.1) is 12.8 Å². The predicted molar refractivity (Wildman–Crippen MR) is 112 cm³/mol. The molecule has 0 saturated heterocycles. The van der Waals surface area contributed by atoms with Gasteiger partial charge in [-0.3, -0.25) is 4.79 Å². The normalized spacial score (nSPS) is 11.0. The maximum absolute atomic E-state index is 11.8. The molecule has 1 heterocycles. The van der Waals surface area contributed by atoms with Gasteiger partial charge < -0.3 is 10.6 Å². The van der Waals surface area contributed by atoms with E-state index in [1.54, 1.807) is 4.80 Å². The summed E-state index contributed by atoms with van der Waals surface area (Å²) in [5, 5.41) is 15.2. The van der Waals surface area contributed by atoms with Crippen LogP contribution in [0.15, 0.2) is 36.4 Å². The average molecular weight is 382 g/mol. The summed E-state index contributed by atoms with van der Waals surface area (Å²) in [6, 6.07) is 12.0. The number of hydrogen-bond donors (Lipinski definition) is 2. The van der Waals surface area contributed by atoms with Crippen molar-refractivity contribution in [2.24, 2.45) is 5.92 Å². The van der Waals surface area contributed by atoms with Crippen molar-refractivity contribution >= 4 is 40.0 Å². The minimum atomic E-state index is -0.132. The molecule has 0 spiro atoms. The van der Waals surface area contributed by atoms with Crippen molar-refractivity contribution in [3.05, 3.63) is 47.5 Å². The summed E-state index contributed by atoms with van der Waals surface area (Å²) in [7, 11) is 0. The lowest BCUT2D eigenvalue weighted by Gasteiger charge is -2.12. The van der Waals surface area contributed by atoms with Gasteiger partial charge in [-0.05, 0) is 61.0 Å². The average Bonchev–Trinajstić information content (AvgIpc) is 3.04. The first-order chi connectivity index (χ1) is 12.9. The third-order valence-corrected chi connectivity index (χ3v) is 4.52. The van der Waals surface area contributed by atoms with Crippen LogP contribution in [0.1, 0.15) is 31.9 Å². The van der Waals surface area contributed by atoms with E-state index < -0.39 is 0 Å². The lowest BCUT2D eigenvalue weighted by atomic mass is 10.2. The maximum atomic E-state index is 11.8. The Morgan fingerprint density at radius 2 is 1.78 bits per heavy atom. The highest BCUT2D eigenvalue weighted by Crippen LogP contribution is 2.22. The van der Waals surface area contributed by atoms with Gasteiger partial charge >= 0.3 is 0 Å². The number of benzene rings is 2. The van der Waals surface area contributed by atoms with Gasteiger partial charge in [0.1, 0.15) is 11.0 Å². The van der Waals surface area contributed by atoms with Gasteiger partial charge in [-0.25, -0.2) is 0 Å². The van der Waals surface area contributed by atoms with E-state index >= 15 is 0 Å². The first-order valence-corrected chi connectivity index (χ1v) is 9.37. The molecule has 0 aliphatic carbocycles. The monoisotopic (exact) mass is 381 g/mol. The molecule has 0 fully saturated rings. The second-order valence-corrected chi connectivity index (χ2v) is 7.17. The van der Waals surface area contributed by atoms with Crippen LogP contribution in [0.3, 0.4) is 0 Å². The number of rotatable bonds is 4. The minimum Gasteiger partial charge on any atom is -0.332 e. The maximum Gasteiger partial charge on any atom is 0.228 e. The van der Waals surface area contributed by atoms with Crippen LogP contribution in [0.25, 0.3) is 16.7 Å². The van der Waals surface area contributed by atoms with Gasteiger partial charge in [-0.2, -0.15) is 4.80 Å². The standard InChI is InChI=1S/C20H23N5OS/c1-5-14-6-8-15(9-7-14)25-23-17-10-13(4)16(11-18(17)24-25)21-20(27)22-19(26)12(2)3/h6-12H,5H2,1-4H3,(H2,21,22,26,27). The highest BCUT2D eigenvalue weighted by Gasteiger charge is 2.12. The SMILES string of the molecule is CCc1ccc(-n2nc3cc(C)c(NC(=S)NC(=O)C(C)C)cc3n2)cc1. The van der Waals surface area contributed by atoms with E-state index in [4.69, 9.17) is 12.2 Å². The molecule has 27 heavy (non-hydrogen) atoms. The number of carbonyl (C=O) groups is 1. The predicted octanol–water partition coefficient (Wildman–Crippen LogP) is 3.76. The minimum absolute atomic E-state index is 0.118. The number of amides is 1. The molecular weight excluding hydrogens is 358 g/mol. The van der Waals surface area contributed by atoms with Gasteiger partial charge in [0.05, 0.1) is 5.69 Å². The van der Waals surface area contributed by atoms with E-state index in [2.05, 4.69) is 39.9 Å². The van der Waals surface area contributed by atoms with Crippen LogP contribution in [-0.2, 0) is 11.2 Å². The lowest BCUT2D eigenvalue weighted by Crippen LogP contribution is -2.36. The molecule has 6 nitrogen and oxygen atoms in total. The van der Waals surface area contributed by atoms with Crippen molar-refractivity contribution in [1.29, 1.82) is 0 Å². The Hall–Kier alpha value is -2.80. The van der Waals surface area contributed by atoms with E-state index in [-0.39, 0.29) is 16.9 Å². The highest BCUT2D eigenvalue weighted by molar-refractivity contribution is 7.80. The molecular formula is C20H23N5OS. The first kappa shape index (κ1) is 19.0. The number of fused-ring (bicyclic) bond motifs is 1. The fraction of sp³-hybridized carbons (Fsp3) is 0.300. The molecule has 0 bridgehead atoms. The molecule has 3 rings (SSSR count). The Balaban J connectivity index is 1.85. The van der Waals surface area contributed by atoms with Crippen LogP contribution >= 0.6 is 12.2 Å². The summed E-state index contributed by atoms with van der Waals surface area (Å²) in [6.07, 6.45) is 0.996. The van der Waals surface area contributed by atoms with Gasteiger partial charge in [0.2, 0.25) is 5.91 Å². The molecule has 140 valence electrons. The van der Waals surface area contributed by atoms with E-state index in [0.29, 0.717) is 0 Å². The van der Waals surface area contributed by atoms with E-state index in [1.165, 1.54) is 5.56 Å². The number of anilines is 1. The third kappa shape index (κ3) is 4.31. The fourth-order valence-corrected chi connectivity index (χ4v) is 2.80.